The van der Waals surface area contributed by atoms with E-state index in [1.165, 1.54) is 10.4 Å². The van der Waals surface area contributed by atoms with E-state index in [-0.39, 0.29) is 0 Å². The van der Waals surface area contributed by atoms with Crippen LogP contribution in [0, 0.1) is 0 Å². The van der Waals surface area contributed by atoms with Crippen molar-refractivity contribution in [2.45, 2.75) is 19.0 Å². The van der Waals surface area contributed by atoms with Crippen molar-refractivity contribution in [3.63, 3.8) is 0 Å². The SMILES string of the molecule is COc1ccc2c(c1)C(NCc1cc(Br)cs1)CCO2. The fraction of sp³-hybridized carbons (Fsp3) is 0.333. The molecule has 3 nitrogen and oxygen atoms in total. The smallest absolute Gasteiger partial charge is 0.124 e. The molecule has 1 unspecified atom stereocenters. The third-order valence-electron chi connectivity index (χ3n) is 3.40. The molecule has 0 fully saturated rings. The second-order valence-corrected chi connectivity index (χ2v) is 6.62. The van der Waals surface area contributed by atoms with Gasteiger partial charge in [-0.1, -0.05) is 0 Å². The first-order valence-electron chi connectivity index (χ1n) is 6.53. The number of benzene rings is 1. The Labute approximate surface area is 131 Å². The van der Waals surface area contributed by atoms with Crippen LogP contribution in [0.1, 0.15) is 22.9 Å². The number of rotatable bonds is 4. The molecule has 0 saturated heterocycles. The van der Waals surface area contributed by atoms with E-state index in [4.69, 9.17) is 9.47 Å². The molecule has 1 aromatic heterocycles. The molecule has 5 heteroatoms. The quantitative estimate of drug-likeness (QED) is 0.896. The maximum atomic E-state index is 5.71. The van der Waals surface area contributed by atoms with Gasteiger partial charge in [-0.3, -0.25) is 0 Å². The van der Waals surface area contributed by atoms with E-state index in [9.17, 15) is 0 Å². The summed E-state index contributed by atoms with van der Waals surface area (Å²) >= 11 is 5.25. The van der Waals surface area contributed by atoms with Crippen LogP contribution < -0.4 is 14.8 Å². The fourth-order valence-electron chi connectivity index (χ4n) is 2.38. The first-order chi connectivity index (χ1) is 9.76. The summed E-state index contributed by atoms with van der Waals surface area (Å²) in [7, 11) is 1.69. The van der Waals surface area contributed by atoms with Crippen molar-refractivity contribution in [3.05, 3.63) is 44.6 Å². The van der Waals surface area contributed by atoms with Gasteiger partial charge in [0.25, 0.3) is 0 Å². The Hall–Kier alpha value is -1.04. The van der Waals surface area contributed by atoms with Gasteiger partial charge in [0.2, 0.25) is 0 Å². The van der Waals surface area contributed by atoms with Crippen LogP contribution in [0.15, 0.2) is 34.1 Å². The first-order valence-corrected chi connectivity index (χ1v) is 8.20. The minimum absolute atomic E-state index is 0.315. The lowest BCUT2D eigenvalue weighted by atomic mass is 10.00. The number of hydrogen-bond donors (Lipinski definition) is 1. The van der Waals surface area contributed by atoms with Crippen molar-refractivity contribution in [2.24, 2.45) is 0 Å². The minimum Gasteiger partial charge on any atom is -0.497 e. The Bertz CT molecular complexity index is 599. The van der Waals surface area contributed by atoms with E-state index in [1.807, 2.05) is 12.1 Å². The summed E-state index contributed by atoms with van der Waals surface area (Å²) in [6, 6.07) is 8.47. The Balaban J connectivity index is 1.75. The van der Waals surface area contributed by atoms with E-state index in [0.717, 1.165) is 35.5 Å². The molecule has 106 valence electrons. The van der Waals surface area contributed by atoms with Crippen LogP contribution in [0.2, 0.25) is 0 Å². The molecule has 0 spiro atoms. The Kier molecular flexibility index (Phi) is 4.29. The van der Waals surface area contributed by atoms with Gasteiger partial charge < -0.3 is 14.8 Å². The third kappa shape index (κ3) is 3.00. The van der Waals surface area contributed by atoms with Crippen molar-refractivity contribution in [1.29, 1.82) is 0 Å². The number of thiophene rings is 1. The summed E-state index contributed by atoms with van der Waals surface area (Å²) in [4.78, 5) is 1.33. The predicted molar refractivity (Wildman–Crippen MR) is 84.7 cm³/mol. The van der Waals surface area contributed by atoms with Crippen LogP contribution in [0.25, 0.3) is 0 Å². The summed E-state index contributed by atoms with van der Waals surface area (Å²) in [5, 5.41) is 5.72. The van der Waals surface area contributed by atoms with Gasteiger partial charge in [-0.05, 0) is 40.2 Å². The number of halogens is 1. The average molecular weight is 354 g/mol. The summed E-state index contributed by atoms with van der Waals surface area (Å²) in [6.07, 6.45) is 0.979. The molecule has 20 heavy (non-hydrogen) atoms. The zero-order valence-corrected chi connectivity index (χ0v) is 13.6. The zero-order valence-electron chi connectivity index (χ0n) is 11.2. The van der Waals surface area contributed by atoms with Crippen molar-refractivity contribution in [1.82, 2.24) is 5.32 Å². The molecule has 0 aliphatic carbocycles. The summed E-state index contributed by atoms with van der Waals surface area (Å²) in [5.74, 6) is 1.84. The maximum Gasteiger partial charge on any atom is 0.124 e. The van der Waals surface area contributed by atoms with Crippen LogP contribution in [0.3, 0.4) is 0 Å². The molecule has 0 bridgehead atoms. The van der Waals surface area contributed by atoms with Crippen LogP contribution in [0.4, 0.5) is 0 Å². The second-order valence-electron chi connectivity index (χ2n) is 4.71. The molecule has 1 aromatic carbocycles. The number of ether oxygens (including phenoxy) is 2. The first kappa shape index (κ1) is 13.9. The summed E-state index contributed by atoms with van der Waals surface area (Å²) in [6.45, 7) is 1.63. The lowest BCUT2D eigenvalue weighted by molar-refractivity contribution is 0.251. The molecule has 0 saturated carbocycles. The third-order valence-corrected chi connectivity index (χ3v) is 5.10. The highest BCUT2D eigenvalue weighted by atomic mass is 79.9. The van der Waals surface area contributed by atoms with Gasteiger partial charge in [0.05, 0.1) is 13.7 Å². The average Bonchev–Trinajstić information content (AvgIpc) is 2.90. The Morgan fingerprint density at radius 2 is 2.35 bits per heavy atom. The van der Waals surface area contributed by atoms with Gasteiger partial charge in [0.1, 0.15) is 11.5 Å². The molecule has 1 aliphatic heterocycles. The maximum absolute atomic E-state index is 5.71. The molecular weight excluding hydrogens is 338 g/mol. The molecule has 0 radical (unpaired) electrons. The lowest BCUT2D eigenvalue weighted by Gasteiger charge is -2.27. The summed E-state index contributed by atoms with van der Waals surface area (Å²) in [5.41, 5.74) is 1.19. The second kappa shape index (κ2) is 6.16. The molecule has 0 amide bonds. The predicted octanol–water partition coefficient (Wildman–Crippen LogP) is 4.13. The summed E-state index contributed by atoms with van der Waals surface area (Å²) < 4.78 is 12.2. The molecule has 1 atom stereocenters. The molecule has 2 aromatic rings. The molecule has 3 rings (SSSR count). The largest absolute Gasteiger partial charge is 0.497 e. The fourth-order valence-corrected chi connectivity index (χ4v) is 3.78. The van der Waals surface area contributed by atoms with E-state index in [1.54, 1.807) is 18.4 Å². The number of nitrogens with one attached hydrogen (secondary N) is 1. The number of hydrogen-bond acceptors (Lipinski definition) is 4. The Morgan fingerprint density at radius 1 is 1.45 bits per heavy atom. The molecule has 2 heterocycles. The van der Waals surface area contributed by atoms with Crippen molar-refractivity contribution < 1.29 is 9.47 Å². The van der Waals surface area contributed by atoms with Gasteiger partial charge in [0, 0.05) is 39.3 Å². The van der Waals surface area contributed by atoms with Gasteiger partial charge in [0.15, 0.2) is 0 Å². The van der Waals surface area contributed by atoms with E-state index in [2.05, 4.69) is 38.8 Å². The number of fused-ring (bicyclic) bond motifs is 1. The highest BCUT2D eigenvalue weighted by Gasteiger charge is 2.21. The topological polar surface area (TPSA) is 30.5 Å². The van der Waals surface area contributed by atoms with Gasteiger partial charge in [-0.25, -0.2) is 0 Å². The normalized spacial score (nSPS) is 17.4. The van der Waals surface area contributed by atoms with Crippen LogP contribution in [-0.2, 0) is 6.54 Å². The highest BCUT2D eigenvalue weighted by Crippen LogP contribution is 2.35. The minimum atomic E-state index is 0.315. The van der Waals surface area contributed by atoms with Crippen molar-refractivity contribution >= 4 is 27.3 Å². The van der Waals surface area contributed by atoms with Gasteiger partial charge in [-0.15, -0.1) is 11.3 Å². The van der Waals surface area contributed by atoms with E-state index >= 15 is 0 Å². The van der Waals surface area contributed by atoms with E-state index in [0.29, 0.717) is 6.04 Å². The Morgan fingerprint density at radius 3 is 3.10 bits per heavy atom. The van der Waals surface area contributed by atoms with Crippen molar-refractivity contribution in [2.75, 3.05) is 13.7 Å². The lowest BCUT2D eigenvalue weighted by Crippen LogP contribution is -2.26. The van der Waals surface area contributed by atoms with Crippen molar-refractivity contribution in [3.8, 4) is 11.5 Å². The highest BCUT2D eigenvalue weighted by molar-refractivity contribution is 9.10. The van der Waals surface area contributed by atoms with Crippen LogP contribution >= 0.6 is 27.3 Å². The monoisotopic (exact) mass is 353 g/mol. The molecule has 1 aliphatic rings. The molecule has 1 N–H and O–H groups in total. The van der Waals surface area contributed by atoms with E-state index < -0.39 is 0 Å². The molecular formula is C15H16BrNO2S. The number of methoxy groups -OCH3 is 1. The van der Waals surface area contributed by atoms with Crippen LogP contribution in [0.5, 0.6) is 11.5 Å². The van der Waals surface area contributed by atoms with Crippen LogP contribution in [-0.4, -0.2) is 13.7 Å². The van der Waals surface area contributed by atoms with Gasteiger partial charge in [-0.2, -0.15) is 0 Å². The van der Waals surface area contributed by atoms with Gasteiger partial charge >= 0.3 is 0 Å². The zero-order chi connectivity index (χ0) is 13.9. The standard InChI is InChI=1S/C15H16BrNO2S/c1-18-11-2-3-15-13(7-11)14(4-5-19-15)17-8-12-6-10(16)9-20-12/h2-3,6-7,9,14,17H,4-5,8H2,1H3.